The van der Waals surface area contributed by atoms with Crippen molar-refractivity contribution in [2.24, 2.45) is 0 Å². The Morgan fingerprint density at radius 3 is 1.77 bits per heavy atom. The molecule has 64 heavy (non-hydrogen) atoms. The molecule has 298 valence electrons. The van der Waals surface area contributed by atoms with Crippen molar-refractivity contribution in [3.05, 3.63) is 231 Å². The topological polar surface area (TPSA) is 31.0 Å². The Balaban J connectivity index is 1.12. The maximum Gasteiger partial charge on any atom is 0.144 e. The Morgan fingerprint density at radius 1 is 0.312 bits per heavy atom. The first kappa shape index (κ1) is 36.2. The number of fused-ring (bicyclic) bond motifs is 9. The number of rotatable bonds is 6. The van der Waals surface area contributed by atoms with Gasteiger partial charge in [0.25, 0.3) is 0 Å². The summed E-state index contributed by atoms with van der Waals surface area (Å²) in [4.78, 5) is 5.60. The lowest BCUT2D eigenvalue weighted by Crippen LogP contribution is -1.98. The number of hydrogen-bond donors (Lipinski definition) is 0. The van der Waals surface area contributed by atoms with Gasteiger partial charge < -0.3 is 8.98 Å². The minimum absolute atomic E-state index is 0.837. The van der Waals surface area contributed by atoms with E-state index < -0.39 is 0 Å². The SMILES string of the molecule is c1ccc(-c2cc(-c3cc(-c4cc5ccccc5c5ccccc45)cc(-n4c5ccccc5c5ccc(-c6ccccc6)cc54)c3)nc(-c3cccc4c3oc3ccccc34)c2)cc1. The Labute approximate surface area is 369 Å². The van der Waals surface area contributed by atoms with Crippen LogP contribution in [0.2, 0.25) is 0 Å². The van der Waals surface area contributed by atoms with E-state index in [1.165, 1.54) is 49.0 Å². The largest absolute Gasteiger partial charge is 0.455 e. The number of para-hydroxylation sites is 3. The third kappa shape index (κ3) is 5.86. The lowest BCUT2D eigenvalue weighted by molar-refractivity contribution is 0.670. The quantitative estimate of drug-likeness (QED) is 0.157. The Morgan fingerprint density at radius 2 is 0.938 bits per heavy atom. The molecule has 0 amide bonds. The number of pyridine rings is 1. The van der Waals surface area contributed by atoms with Crippen molar-refractivity contribution in [2.75, 3.05) is 0 Å². The van der Waals surface area contributed by atoms with Crippen molar-refractivity contribution in [3.63, 3.8) is 0 Å². The van der Waals surface area contributed by atoms with Crippen LogP contribution in [0.3, 0.4) is 0 Å². The predicted octanol–water partition coefficient (Wildman–Crippen LogP) is 16.7. The van der Waals surface area contributed by atoms with Gasteiger partial charge in [0.1, 0.15) is 11.2 Å². The summed E-state index contributed by atoms with van der Waals surface area (Å²) in [5.74, 6) is 0. The molecule has 0 aliphatic heterocycles. The Bertz CT molecular complexity index is 3950. The summed E-state index contributed by atoms with van der Waals surface area (Å²) >= 11 is 0. The van der Waals surface area contributed by atoms with Crippen LogP contribution in [-0.4, -0.2) is 9.55 Å². The van der Waals surface area contributed by atoms with E-state index >= 15 is 0 Å². The van der Waals surface area contributed by atoms with Gasteiger partial charge in [0.05, 0.1) is 22.4 Å². The van der Waals surface area contributed by atoms with E-state index in [0.29, 0.717) is 0 Å². The molecule has 0 N–H and O–H groups in total. The van der Waals surface area contributed by atoms with Gasteiger partial charge in [-0.15, -0.1) is 0 Å². The van der Waals surface area contributed by atoms with Gasteiger partial charge in [-0.25, -0.2) is 4.98 Å². The van der Waals surface area contributed by atoms with E-state index in [4.69, 9.17) is 9.40 Å². The summed E-state index contributed by atoms with van der Waals surface area (Å²) in [5.41, 5.74) is 15.6. The molecule has 3 aromatic heterocycles. The van der Waals surface area contributed by atoms with Crippen LogP contribution in [0.1, 0.15) is 0 Å². The smallest absolute Gasteiger partial charge is 0.144 e. The number of nitrogens with zero attached hydrogens (tertiary/aromatic N) is 2. The van der Waals surface area contributed by atoms with Crippen molar-refractivity contribution in [2.45, 2.75) is 0 Å². The van der Waals surface area contributed by atoms with E-state index in [2.05, 4.69) is 223 Å². The lowest BCUT2D eigenvalue weighted by Gasteiger charge is -2.17. The van der Waals surface area contributed by atoms with Gasteiger partial charge in [-0.2, -0.15) is 0 Å². The summed E-state index contributed by atoms with van der Waals surface area (Å²) in [6.45, 7) is 0. The van der Waals surface area contributed by atoms with E-state index in [1.54, 1.807) is 0 Å². The second-order valence-electron chi connectivity index (χ2n) is 16.7. The highest BCUT2D eigenvalue weighted by Gasteiger charge is 2.20. The van der Waals surface area contributed by atoms with Crippen LogP contribution < -0.4 is 0 Å². The summed E-state index contributed by atoms with van der Waals surface area (Å²) in [7, 11) is 0. The van der Waals surface area contributed by atoms with Gasteiger partial charge >= 0.3 is 0 Å². The molecule has 13 aromatic rings. The minimum atomic E-state index is 0.837. The molecule has 0 saturated heterocycles. The first-order valence-electron chi connectivity index (χ1n) is 21.9. The summed E-state index contributed by atoms with van der Waals surface area (Å²) in [6, 6.07) is 83.0. The molecular weight excluding hydrogens is 777 g/mol. The zero-order valence-electron chi connectivity index (χ0n) is 34.7. The van der Waals surface area contributed by atoms with Crippen LogP contribution in [0.5, 0.6) is 0 Å². The fourth-order valence-electron chi connectivity index (χ4n) is 9.96. The van der Waals surface area contributed by atoms with Gasteiger partial charge in [-0.1, -0.05) is 170 Å². The average molecular weight is 815 g/mol. The fraction of sp³-hybridized carbons (Fsp3) is 0. The van der Waals surface area contributed by atoms with Crippen LogP contribution in [0.15, 0.2) is 235 Å². The fourth-order valence-corrected chi connectivity index (χ4v) is 9.96. The summed E-state index contributed by atoms with van der Waals surface area (Å²) in [6.07, 6.45) is 0. The van der Waals surface area contributed by atoms with Gasteiger partial charge in [0.15, 0.2) is 0 Å². The maximum absolute atomic E-state index is 6.63. The normalized spacial score (nSPS) is 11.8. The van der Waals surface area contributed by atoms with Crippen LogP contribution >= 0.6 is 0 Å². The van der Waals surface area contributed by atoms with E-state index in [0.717, 1.165) is 77.9 Å². The van der Waals surface area contributed by atoms with Crippen LogP contribution in [0.4, 0.5) is 0 Å². The van der Waals surface area contributed by atoms with Crippen molar-refractivity contribution < 1.29 is 4.42 Å². The lowest BCUT2D eigenvalue weighted by atomic mass is 9.91. The molecule has 0 fully saturated rings. The van der Waals surface area contributed by atoms with Crippen molar-refractivity contribution in [1.29, 1.82) is 0 Å². The molecule has 13 rings (SSSR count). The molecule has 0 aliphatic rings. The predicted molar refractivity (Wildman–Crippen MR) is 268 cm³/mol. The van der Waals surface area contributed by atoms with Crippen molar-refractivity contribution >= 4 is 65.3 Å². The molecule has 3 heterocycles. The summed E-state index contributed by atoms with van der Waals surface area (Å²) < 4.78 is 9.08. The Kier molecular flexibility index (Phi) is 8.22. The van der Waals surface area contributed by atoms with Gasteiger partial charge in [-0.3, -0.25) is 0 Å². The van der Waals surface area contributed by atoms with Crippen molar-refractivity contribution in [1.82, 2.24) is 9.55 Å². The van der Waals surface area contributed by atoms with E-state index in [1.807, 2.05) is 12.1 Å². The number of hydrogen-bond acceptors (Lipinski definition) is 2. The van der Waals surface area contributed by atoms with Gasteiger partial charge in [-0.05, 0) is 116 Å². The number of aromatic nitrogens is 2. The zero-order valence-corrected chi connectivity index (χ0v) is 34.7. The molecule has 0 spiro atoms. The standard InChI is InChI=1S/C61H38N2O/c1-3-16-39(17-4-1)41-30-31-51-50-24-11-13-28-58(50)63(59(51)38-41)46-33-44(55-35-42-20-7-8-21-47(42)48-22-9-10-23-49(48)55)32-45(34-46)56-36-43(40-18-5-2-6-19-40)37-57(62-56)54-27-15-26-53-52-25-12-14-29-60(52)64-61(53)54/h1-38H. The molecule has 10 aromatic carbocycles. The molecule has 0 bridgehead atoms. The van der Waals surface area contributed by atoms with Crippen LogP contribution in [0.25, 0.3) is 127 Å². The third-order valence-electron chi connectivity index (χ3n) is 12.9. The second kappa shape index (κ2) is 14.5. The molecule has 0 saturated carbocycles. The van der Waals surface area contributed by atoms with Gasteiger partial charge in [0, 0.05) is 38.4 Å². The number of furan rings is 1. The van der Waals surface area contributed by atoms with Crippen molar-refractivity contribution in [3.8, 4) is 61.6 Å². The monoisotopic (exact) mass is 814 g/mol. The summed E-state index contributed by atoms with van der Waals surface area (Å²) in [5, 5.41) is 9.50. The first-order chi connectivity index (χ1) is 31.7. The molecule has 3 nitrogen and oxygen atoms in total. The highest BCUT2D eigenvalue weighted by Crippen LogP contribution is 2.43. The Hall–Kier alpha value is -8.53. The van der Waals surface area contributed by atoms with E-state index in [9.17, 15) is 0 Å². The molecular formula is C61H38N2O. The second-order valence-corrected chi connectivity index (χ2v) is 16.7. The van der Waals surface area contributed by atoms with Crippen LogP contribution in [-0.2, 0) is 0 Å². The van der Waals surface area contributed by atoms with E-state index in [-0.39, 0.29) is 0 Å². The molecule has 3 heteroatoms. The third-order valence-corrected chi connectivity index (χ3v) is 12.9. The minimum Gasteiger partial charge on any atom is -0.455 e. The van der Waals surface area contributed by atoms with Gasteiger partial charge in [0.2, 0.25) is 0 Å². The zero-order chi connectivity index (χ0) is 42.1. The molecule has 0 unspecified atom stereocenters. The maximum atomic E-state index is 6.63. The highest BCUT2D eigenvalue weighted by molar-refractivity contribution is 6.15. The van der Waals surface area contributed by atoms with Crippen LogP contribution in [0, 0.1) is 0 Å². The molecule has 0 atom stereocenters. The molecule has 0 radical (unpaired) electrons. The number of benzene rings is 10. The first-order valence-corrected chi connectivity index (χ1v) is 21.9. The molecule has 0 aliphatic carbocycles. The average Bonchev–Trinajstić information content (AvgIpc) is 3.92. The highest BCUT2D eigenvalue weighted by atomic mass is 16.3.